The molecule has 3 nitrogen and oxygen atoms in total. The van der Waals surface area contributed by atoms with Crippen molar-refractivity contribution in [2.45, 2.75) is 13.3 Å². The Morgan fingerprint density at radius 1 is 1.62 bits per heavy atom. The molecule has 1 saturated heterocycles. The molecule has 0 bridgehead atoms. The summed E-state index contributed by atoms with van der Waals surface area (Å²) in [6.45, 7) is 5.87. The Hall–Kier alpha value is -0.830. The van der Waals surface area contributed by atoms with Crippen LogP contribution in [0.3, 0.4) is 0 Å². The molecule has 3 heteroatoms. The second-order valence-corrected chi connectivity index (χ2v) is 3.74. The van der Waals surface area contributed by atoms with Crippen molar-refractivity contribution in [1.29, 1.82) is 0 Å². The molecule has 1 aliphatic rings. The Morgan fingerprint density at radius 3 is 2.77 bits per heavy atom. The molecule has 0 amide bonds. The van der Waals surface area contributed by atoms with Gasteiger partial charge in [-0.15, -0.1) is 0 Å². The zero-order valence-electron chi connectivity index (χ0n) is 8.53. The summed E-state index contributed by atoms with van der Waals surface area (Å²) < 4.78 is 0. The summed E-state index contributed by atoms with van der Waals surface area (Å²) in [7, 11) is 1.77. The van der Waals surface area contributed by atoms with Gasteiger partial charge in [-0.3, -0.25) is 4.99 Å². The molecule has 0 atom stereocenters. The van der Waals surface area contributed by atoms with Gasteiger partial charge in [0, 0.05) is 32.9 Å². The smallest absolute Gasteiger partial charge is 0.0277 e. The molecule has 0 aliphatic carbocycles. The van der Waals surface area contributed by atoms with Gasteiger partial charge in [0.2, 0.25) is 0 Å². The van der Waals surface area contributed by atoms with Crippen LogP contribution in [0.15, 0.2) is 16.8 Å². The SMILES string of the molecule is CN=C/C(=C\N)CCN1CC(C)C1. The highest BCUT2D eigenvalue weighted by molar-refractivity contribution is 5.78. The van der Waals surface area contributed by atoms with E-state index < -0.39 is 0 Å². The van der Waals surface area contributed by atoms with E-state index >= 15 is 0 Å². The summed E-state index contributed by atoms with van der Waals surface area (Å²) in [6.07, 6.45) is 4.50. The average molecular weight is 181 g/mol. The third-order valence-electron chi connectivity index (χ3n) is 2.37. The number of likely N-dealkylation sites (tertiary alicyclic amines) is 1. The van der Waals surface area contributed by atoms with Crippen LogP contribution < -0.4 is 5.73 Å². The van der Waals surface area contributed by atoms with Crippen molar-refractivity contribution in [3.63, 3.8) is 0 Å². The van der Waals surface area contributed by atoms with E-state index in [-0.39, 0.29) is 0 Å². The Labute approximate surface area is 80.3 Å². The van der Waals surface area contributed by atoms with Crippen molar-refractivity contribution in [2.24, 2.45) is 16.6 Å². The van der Waals surface area contributed by atoms with Gasteiger partial charge in [-0.2, -0.15) is 0 Å². The minimum absolute atomic E-state index is 0.880. The molecular formula is C10H19N3. The molecule has 0 spiro atoms. The van der Waals surface area contributed by atoms with E-state index in [1.165, 1.54) is 13.1 Å². The average Bonchev–Trinajstić information content (AvgIpc) is 2.08. The van der Waals surface area contributed by atoms with E-state index in [0.29, 0.717) is 0 Å². The summed E-state index contributed by atoms with van der Waals surface area (Å²) >= 11 is 0. The van der Waals surface area contributed by atoms with Crippen LogP contribution in [-0.4, -0.2) is 37.8 Å². The van der Waals surface area contributed by atoms with Gasteiger partial charge in [0.15, 0.2) is 0 Å². The van der Waals surface area contributed by atoms with Crippen molar-refractivity contribution >= 4 is 6.21 Å². The fourth-order valence-electron chi connectivity index (χ4n) is 1.65. The maximum Gasteiger partial charge on any atom is 0.0277 e. The fourth-order valence-corrected chi connectivity index (χ4v) is 1.65. The molecule has 0 saturated carbocycles. The lowest BCUT2D eigenvalue weighted by Crippen LogP contribution is -2.45. The van der Waals surface area contributed by atoms with Crippen LogP contribution in [0.25, 0.3) is 0 Å². The largest absolute Gasteiger partial charge is 0.404 e. The van der Waals surface area contributed by atoms with E-state index in [4.69, 9.17) is 5.73 Å². The molecule has 74 valence electrons. The van der Waals surface area contributed by atoms with Crippen molar-refractivity contribution in [3.05, 3.63) is 11.8 Å². The van der Waals surface area contributed by atoms with Crippen LogP contribution in [0.5, 0.6) is 0 Å². The van der Waals surface area contributed by atoms with Gasteiger partial charge in [0.05, 0.1) is 0 Å². The van der Waals surface area contributed by atoms with Gasteiger partial charge in [0.25, 0.3) is 0 Å². The van der Waals surface area contributed by atoms with Gasteiger partial charge in [0.1, 0.15) is 0 Å². The van der Waals surface area contributed by atoms with E-state index in [1.54, 1.807) is 13.2 Å². The molecule has 1 fully saturated rings. The van der Waals surface area contributed by atoms with Crippen molar-refractivity contribution in [1.82, 2.24) is 4.90 Å². The number of nitrogens with two attached hydrogens (primary N) is 1. The van der Waals surface area contributed by atoms with Crippen molar-refractivity contribution in [2.75, 3.05) is 26.7 Å². The van der Waals surface area contributed by atoms with Gasteiger partial charge in [-0.1, -0.05) is 6.92 Å². The standard InChI is InChI=1S/C10H19N3/c1-9-7-13(8-9)4-3-10(5-11)6-12-2/h5-6,9H,3-4,7-8,11H2,1-2H3/b10-5-,12-6?. The number of aliphatic imine (C=N–C) groups is 1. The van der Waals surface area contributed by atoms with E-state index in [1.807, 2.05) is 6.21 Å². The number of hydrogen-bond donors (Lipinski definition) is 1. The topological polar surface area (TPSA) is 41.6 Å². The first-order chi connectivity index (χ1) is 6.26. The third-order valence-corrected chi connectivity index (χ3v) is 2.37. The molecular weight excluding hydrogens is 162 g/mol. The van der Waals surface area contributed by atoms with Crippen LogP contribution in [0.1, 0.15) is 13.3 Å². The quantitative estimate of drug-likeness (QED) is 0.654. The zero-order valence-corrected chi connectivity index (χ0v) is 8.53. The van der Waals surface area contributed by atoms with Crippen LogP contribution in [-0.2, 0) is 0 Å². The minimum Gasteiger partial charge on any atom is -0.404 e. The number of rotatable bonds is 4. The zero-order chi connectivity index (χ0) is 9.68. The second kappa shape index (κ2) is 5.02. The van der Waals surface area contributed by atoms with E-state index in [0.717, 1.165) is 24.5 Å². The maximum atomic E-state index is 5.46. The summed E-state index contributed by atoms with van der Waals surface area (Å²) in [4.78, 5) is 6.39. The van der Waals surface area contributed by atoms with Gasteiger partial charge >= 0.3 is 0 Å². The molecule has 2 N–H and O–H groups in total. The van der Waals surface area contributed by atoms with Crippen molar-refractivity contribution < 1.29 is 0 Å². The Morgan fingerprint density at radius 2 is 2.31 bits per heavy atom. The molecule has 1 rings (SSSR count). The molecule has 1 heterocycles. The predicted octanol–water partition coefficient (Wildman–Crippen LogP) is 0.871. The normalized spacial score (nSPS) is 20.9. The first kappa shape index (κ1) is 10.3. The van der Waals surface area contributed by atoms with E-state index in [2.05, 4.69) is 16.8 Å². The monoisotopic (exact) mass is 181 g/mol. The van der Waals surface area contributed by atoms with Gasteiger partial charge in [-0.25, -0.2) is 0 Å². The predicted molar refractivity (Wildman–Crippen MR) is 56.9 cm³/mol. The van der Waals surface area contributed by atoms with E-state index in [9.17, 15) is 0 Å². The number of hydrogen-bond acceptors (Lipinski definition) is 3. The second-order valence-electron chi connectivity index (χ2n) is 3.74. The molecule has 0 radical (unpaired) electrons. The van der Waals surface area contributed by atoms with Crippen LogP contribution >= 0.6 is 0 Å². The number of nitrogens with zero attached hydrogens (tertiary/aromatic N) is 2. The first-order valence-corrected chi connectivity index (χ1v) is 4.81. The Bertz CT molecular complexity index is 202. The Balaban J connectivity index is 2.17. The molecule has 1 aliphatic heterocycles. The lowest BCUT2D eigenvalue weighted by molar-refractivity contribution is 0.115. The summed E-state index contributed by atoms with van der Waals surface area (Å²) in [5.74, 6) is 0.880. The van der Waals surface area contributed by atoms with Gasteiger partial charge < -0.3 is 10.6 Å². The van der Waals surface area contributed by atoms with Crippen LogP contribution in [0.4, 0.5) is 0 Å². The first-order valence-electron chi connectivity index (χ1n) is 4.81. The molecule has 0 aromatic rings. The molecule has 13 heavy (non-hydrogen) atoms. The lowest BCUT2D eigenvalue weighted by Gasteiger charge is -2.37. The molecule has 0 unspecified atom stereocenters. The Kier molecular flexibility index (Phi) is 3.96. The summed E-state index contributed by atoms with van der Waals surface area (Å²) in [6, 6.07) is 0. The molecule has 0 aromatic carbocycles. The molecule has 0 aromatic heterocycles. The highest BCUT2D eigenvalue weighted by Crippen LogP contribution is 2.14. The summed E-state index contributed by atoms with van der Waals surface area (Å²) in [5.41, 5.74) is 6.59. The van der Waals surface area contributed by atoms with Gasteiger partial charge in [-0.05, 0) is 24.1 Å². The minimum atomic E-state index is 0.880. The highest BCUT2D eigenvalue weighted by Gasteiger charge is 2.21. The lowest BCUT2D eigenvalue weighted by atomic mass is 10.0. The summed E-state index contributed by atoms with van der Waals surface area (Å²) in [5, 5.41) is 0. The fraction of sp³-hybridized carbons (Fsp3) is 0.700. The van der Waals surface area contributed by atoms with Crippen LogP contribution in [0.2, 0.25) is 0 Å². The highest BCUT2D eigenvalue weighted by atomic mass is 15.2. The van der Waals surface area contributed by atoms with Crippen LogP contribution in [0, 0.1) is 5.92 Å². The van der Waals surface area contributed by atoms with Crippen molar-refractivity contribution in [3.8, 4) is 0 Å². The third kappa shape index (κ3) is 3.19. The maximum absolute atomic E-state index is 5.46.